The molecular weight excluding hydrogens is 203 g/mol. The van der Waals surface area contributed by atoms with E-state index in [4.69, 9.17) is 0 Å². The number of allylic oxidation sites excluding steroid dienone is 2. The van der Waals surface area contributed by atoms with Gasteiger partial charge < -0.3 is 0 Å². The van der Waals surface area contributed by atoms with Crippen LogP contribution in [0.2, 0.25) is 11.6 Å². The minimum atomic E-state index is 0.904. The van der Waals surface area contributed by atoms with Gasteiger partial charge in [-0.2, -0.15) is 0 Å². The van der Waals surface area contributed by atoms with Gasteiger partial charge in [0.2, 0.25) is 0 Å². The number of hydrogen-bond donors (Lipinski definition) is 0. The highest BCUT2D eigenvalue weighted by atomic mass is 14.3. The average molecular weight is 231 g/mol. The van der Waals surface area contributed by atoms with Gasteiger partial charge in [-0.05, 0) is 18.8 Å². The summed E-state index contributed by atoms with van der Waals surface area (Å²) < 4.78 is 0. The van der Waals surface area contributed by atoms with E-state index >= 15 is 0 Å². The molecule has 2 atom stereocenters. The molecule has 2 fully saturated rings. The van der Waals surface area contributed by atoms with Crippen molar-refractivity contribution in [1.29, 1.82) is 0 Å². The van der Waals surface area contributed by atoms with Gasteiger partial charge in [0.15, 0.2) is 0 Å². The van der Waals surface area contributed by atoms with E-state index in [9.17, 15) is 0 Å². The SMILES string of the molecule is CCCCCCC=CC1CC2[B]C(CCC2)C1. The third kappa shape index (κ3) is 4.52. The third-order valence-electron chi connectivity index (χ3n) is 4.54. The van der Waals surface area contributed by atoms with Crippen LogP contribution in [0.4, 0.5) is 0 Å². The van der Waals surface area contributed by atoms with E-state index in [-0.39, 0.29) is 0 Å². The molecule has 2 aliphatic rings. The van der Waals surface area contributed by atoms with Crippen LogP contribution in [0.15, 0.2) is 12.2 Å². The van der Waals surface area contributed by atoms with Crippen molar-refractivity contribution in [3.63, 3.8) is 0 Å². The first kappa shape index (κ1) is 13.2. The Balaban J connectivity index is 1.63. The van der Waals surface area contributed by atoms with Gasteiger partial charge in [-0.25, -0.2) is 0 Å². The molecule has 0 aromatic rings. The van der Waals surface area contributed by atoms with Crippen LogP contribution in [0.1, 0.15) is 71.1 Å². The smallest absolute Gasteiger partial charge is 0.0883 e. The van der Waals surface area contributed by atoms with Crippen LogP contribution in [0.25, 0.3) is 0 Å². The highest BCUT2D eigenvalue weighted by Crippen LogP contribution is 2.44. The summed E-state index contributed by atoms with van der Waals surface area (Å²) in [5.41, 5.74) is 0. The van der Waals surface area contributed by atoms with Crippen molar-refractivity contribution in [3.05, 3.63) is 12.2 Å². The largest absolute Gasteiger partial charge is 0.117 e. The average Bonchev–Trinajstić information content (AvgIpc) is 2.33. The third-order valence-corrected chi connectivity index (χ3v) is 4.54. The van der Waals surface area contributed by atoms with Crippen LogP contribution in [0, 0.1) is 5.92 Å². The first-order chi connectivity index (χ1) is 8.38. The van der Waals surface area contributed by atoms with Crippen molar-refractivity contribution < 1.29 is 0 Å². The zero-order valence-electron chi connectivity index (χ0n) is 11.5. The second-order valence-corrected chi connectivity index (χ2v) is 6.15. The van der Waals surface area contributed by atoms with E-state index in [1.807, 2.05) is 0 Å². The molecule has 0 aliphatic carbocycles. The van der Waals surface area contributed by atoms with E-state index in [1.54, 1.807) is 0 Å². The molecule has 0 saturated carbocycles. The van der Waals surface area contributed by atoms with Gasteiger partial charge in [0, 0.05) is 0 Å². The minimum Gasteiger partial charge on any atom is -0.0883 e. The molecule has 2 bridgehead atoms. The Morgan fingerprint density at radius 1 is 1.06 bits per heavy atom. The molecule has 17 heavy (non-hydrogen) atoms. The second kappa shape index (κ2) is 7.29. The molecule has 0 N–H and O–H groups in total. The Labute approximate surface area is 108 Å². The number of rotatable bonds is 6. The van der Waals surface area contributed by atoms with Crippen LogP contribution < -0.4 is 0 Å². The summed E-state index contributed by atoms with van der Waals surface area (Å²) in [5, 5.41) is 0. The highest BCUT2D eigenvalue weighted by molar-refractivity contribution is 6.40. The lowest BCUT2D eigenvalue weighted by molar-refractivity contribution is 0.392. The molecule has 0 spiro atoms. The molecule has 2 aliphatic heterocycles. The molecule has 0 aromatic carbocycles. The van der Waals surface area contributed by atoms with Gasteiger partial charge in [0.1, 0.15) is 7.28 Å². The molecule has 2 saturated heterocycles. The van der Waals surface area contributed by atoms with E-state index in [0.717, 1.165) is 17.6 Å². The summed E-state index contributed by atoms with van der Waals surface area (Å²) >= 11 is 0. The van der Waals surface area contributed by atoms with Crippen molar-refractivity contribution in [2.75, 3.05) is 0 Å². The Morgan fingerprint density at radius 2 is 1.82 bits per heavy atom. The van der Waals surface area contributed by atoms with E-state index in [1.165, 1.54) is 64.2 Å². The maximum atomic E-state index is 2.66. The van der Waals surface area contributed by atoms with Crippen LogP contribution >= 0.6 is 0 Å². The summed E-state index contributed by atoms with van der Waals surface area (Å²) in [6, 6.07) is 0. The van der Waals surface area contributed by atoms with Gasteiger partial charge in [-0.3, -0.25) is 0 Å². The minimum absolute atomic E-state index is 0.904. The van der Waals surface area contributed by atoms with Crippen molar-refractivity contribution in [1.82, 2.24) is 0 Å². The fraction of sp³-hybridized carbons (Fsp3) is 0.875. The summed E-state index contributed by atoms with van der Waals surface area (Å²) in [5.74, 6) is 2.82. The van der Waals surface area contributed by atoms with Crippen molar-refractivity contribution in [2.24, 2.45) is 5.92 Å². The molecule has 1 heteroatoms. The molecule has 1 radical (unpaired) electrons. The normalized spacial score (nSPS) is 32.6. The predicted octanol–water partition coefficient (Wildman–Crippen LogP) is 5.39. The molecule has 0 aromatic heterocycles. The number of fused-ring (bicyclic) bond motifs is 2. The fourth-order valence-electron chi connectivity index (χ4n) is 3.62. The Morgan fingerprint density at radius 3 is 2.53 bits per heavy atom. The highest BCUT2D eigenvalue weighted by Gasteiger charge is 2.31. The van der Waals surface area contributed by atoms with E-state index < -0.39 is 0 Å². The Bertz CT molecular complexity index is 222. The lowest BCUT2D eigenvalue weighted by atomic mass is 9.42. The number of unbranched alkanes of at least 4 members (excludes halogenated alkanes) is 4. The number of hydrogen-bond acceptors (Lipinski definition) is 0. The first-order valence-corrected chi connectivity index (χ1v) is 7.90. The van der Waals surface area contributed by atoms with Crippen molar-refractivity contribution >= 4 is 7.28 Å². The van der Waals surface area contributed by atoms with Gasteiger partial charge in [0.25, 0.3) is 0 Å². The fourth-order valence-corrected chi connectivity index (χ4v) is 3.62. The molecule has 2 heterocycles. The molecule has 2 unspecified atom stereocenters. The van der Waals surface area contributed by atoms with Gasteiger partial charge >= 0.3 is 0 Å². The van der Waals surface area contributed by atoms with Crippen LogP contribution in [-0.2, 0) is 0 Å². The summed E-state index contributed by atoms with van der Waals surface area (Å²) in [7, 11) is 2.66. The van der Waals surface area contributed by atoms with E-state index in [0.29, 0.717) is 0 Å². The van der Waals surface area contributed by atoms with Crippen LogP contribution in [0.5, 0.6) is 0 Å². The maximum absolute atomic E-state index is 2.66. The zero-order valence-corrected chi connectivity index (χ0v) is 11.5. The molecule has 0 nitrogen and oxygen atoms in total. The monoisotopic (exact) mass is 231 g/mol. The predicted molar refractivity (Wildman–Crippen MR) is 77.7 cm³/mol. The summed E-state index contributed by atoms with van der Waals surface area (Å²) in [6.45, 7) is 2.28. The Hall–Kier alpha value is -0.195. The molecule has 2 rings (SSSR count). The summed E-state index contributed by atoms with van der Waals surface area (Å²) in [4.78, 5) is 0. The molecule has 95 valence electrons. The second-order valence-electron chi connectivity index (χ2n) is 6.15. The van der Waals surface area contributed by atoms with Crippen molar-refractivity contribution in [2.45, 2.75) is 82.8 Å². The lowest BCUT2D eigenvalue weighted by Crippen LogP contribution is -2.26. The summed E-state index contributed by atoms with van der Waals surface area (Å²) in [6.07, 6.45) is 19.2. The van der Waals surface area contributed by atoms with Gasteiger partial charge in [0.05, 0.1) is 0 Å². The maximum Gasteiger partial charge on any atom is 0.117 e. The molecular formula is C16H28B. The topological polar surface area (TPSA) is 0 Å². The van der Waals surface area contributed by atoms with Crippen LogP contribution in [0.3, 0.4) is 0 Å². The van der Waals surface area contributed by atoms with Crippen LogP contribution in [-0.4, -0.2) is 7.28 Å². The molecule has 0 amide bonds. The van der Waals surface area contributed by atoms with E-state index in [2.05, 4.69) is 26.4 Å². The Kier molecular flexibility index (Phi) is 5.68. The van der Waals surface area contributed by atoms with Crippen molar-refractivity contribution in [3.8, 4) is 0 Å². The standard InChI is InChI=1S/C16H28B/c1-2-3-4-5-6-7-9-14-12-15-10-8-11-16(13-14)17-15/h7,9,14-16H,2-6,8,10-13H2,1H3. The lowest BCUT2D eigenvalue weighted by Gasteiger charge is -2.37. The zero-order chi connectivity index (χ0) is 11.9. The quantitative estimate of drug-likeness (QED) is 0.326. The first-order valence-electron chi connectivity index (χ1n) is 7.90. The van der Waals surface area contributed by atoms with Gasteiger partial charge in [-0.15, -0.1) is 0 Å². The van der Waals surface area contributed by atoms with Gasteiger partial charge in [-0.1, -0.05) is 82.1 Å².